The van der Waals surface area contributed by atoms with E-state index in [-0.39, 0.29) is 47.4 Å². The van der Waals surface area contributed by atoms with E-state index in [4.69, 9.17) is 9.25 Å². The van der Waals surface area contributed by atoms with Crippen molar-refractivity contribution in [3.8, 4) is 0 Å². The van der Waals surface area contributed by atoms with Gasteiger partial charge in [-0.3, -0.25) is 23.6 Å². The first-order chi connectivity index (χ1) is 20.5. The van der Waals surface area contributed by atoms with Gasteiger partial charge in [-0.05, 0) is 18.9 Å². The quantitative estimate of drug-likeness (QED) is 0.376. The smallest absolute Gasteiger partial charge is 0.424 e. The summed E-state index contributed by atoms with van der Waals surface area (Å²) in [7, 11) is 1.22. The number of hydrogen-bond donors (Lipinski definition) is 1. The Balaban J connectivity index is 1.52. The third-order valence-corrected chi connectivity index (χ3v) is 7.95. The molecule has 6 rings (SSSR count). The number of halogens is 3. The number of nitrogens with one attached hydrogen (secondary N) is 1. The van der Waals surface area contributed by atoms with Gasteiger partial charge in [-0.25, -0.2) is 9.59 Å². The number of aryl methyl sites for hydroxylation is 1. The Morgan fingerprint density at radius 1 is 1.14 bits per heavy atom. The number of anilines is 2. The first-order valence-electron chi connectivity index (χ1n) is 13.5. The van der Waals surface area contributed by atoms with E-state index in [1.54, 1.807) is 25.1 Å². The van der Waals surface area contributed by atoms with Crippen molar-refractivity contribution in [2.24, 2.45) is 13.0 Å². The zero-order valence-electron chi connectivity index (χ0n) is 23.1. The number of benzene rings is 1. The fraction of sp³-hybridized carbons (Fsp3) is 0.462. The standard InChI is InChI=1S/C26H27F3N8O6/c1-14-31-32-19(42-14)13-35-20-21(33(2)25(41)36(22(20)39)12-18(38)15-6-4-3-5-7-15)37(43-23(40)26(27,28)29)24(35)34-9-8-16-10-30-11-17(16)34/h3-7,16-17,24,30H,8-13H2,1-2H3. The Hall–Kier alpha value is -4.51. The molecule has 5 heterocycles. The van der Waals surface area contributed by atoms with Gasteiger partial charge in [0.1, 0.15) is 0 Å². The number of nitrogens with zero attached hydrogens (tertiary/aromatic N) is 7. The van der Waals surface area contributed by atoms with Gasteiger partial charge in [0.25, 0.3) is 5.56 Å². The van der Waals surface area contributed by atoms with Gasteiger partial charge in [-0.1, -0.05) is 30.3 Å². The molecular formula is C26H27F3N8O6. The molecule has 1 aromatic carbocycles. The topological polar surface area (TPSA) is 148 Å². The van der Waals surface area contributed by atoms with Crippen LogP contribution in [0.3, 0.4) is 0 Å². The van der Waals surface area contributed by atoms with Gasteiger partial charge in [-0.2, -0.15) is 13.2 Å². The maximum absolute atomic E-state index is 14.1. The van der Waals surface area contributed by atoms with Crippen molar-refractivity contribution in [3.63, 3.8) is 0 Å². The fourth-order valence-corrected chi connectivity index (χ4v) is 6.02. The van der Waals surface area contributed by atoms with Crippen LogP contribution in [0.2, 0.25) is 0 Å². The Morgan fingerprint density at radius 2 is 1.88 bits per heavy atom. The number of rotatable bonds is 7. The Bertz CT molecular complexity index is 1690. The number of aromatic nitrogens is 4. The highest BCUT2D eigenvalue weighted by atomic mass is 19.4. The molecule has 228 valence electrons. The lowest BCUT2D eigenvalue weighted by atomic mass is 10.1. The predicted molar refractivity (Wildman–Crippen MR) is 142 cm³/mol. The molecule has 0 spiro atoms. The summed E-state index contributed by atoms with van der Waals surface area (Å²) in [5.41, 5.74) is -1.97. The summed E-state index contributed by atoms with van der Waals surface area (Å²) >= 11 is 0. The number of likely N-dealkylation sites (tertiary alicyclic amines) is 1. The molecule has 0 amide bonds. The zero-order valence-corrected chi connectivity index (χ0v) is 23.1. The van der Waals surface area contributed by atoms with E-state index >= 15 is 0 Å². The van der Waals surface area contributed by atoms with Gasteiger partial charge in [-0.15, -0.1) is 15.3 Å². The maximum Gasteiger partial charge on any atom is 0.493 e. The minimum absolute atomic E-state index is 0.0258. The van der Waals surface area contributed by atoms with Crippen LogP contribution in [0.1, 0.15) is 28.6 Å². The lowest BCUT2D eigenvalue weighted by molar-refractivity contribution is -0.203. The average Bonchev–Trinajstić information content (AvgIpc) is 3.75. The molecule has 3 atom stereocenters. The van der Waals surface area contributed by atoms with Crippen molar-refractivity contribution < 1.29 is 32.0 Å². The third kappa shape index (κ3) is 4.97. The van der Waals surface area contributed by atoms with Gasteiger partial charge in [0, 0.05) is 38.7 Å². The van der Waals surface area contributed by atoms with Crippen molar-refractivity contribution in [2.45, 2.75) is 44.9 Å². The normalized spacial score (nSPS) is 21.7. The third-order valence-electron chi connectivity index (χ3n) is 7.95. The minimum atomic E-state index is -5.37. The van der Waals surface area contributed by atoms with Crippen LogP contribution in [-0.2, 0) is 29.8 Å². The predicted octanol–water partition coefficient (Wildman–Crippen LogP) is 0.546. The summed E-state index contributed by atoms with van der Waals surface area (Å²) in [6.45, 7) is 2.20. The maximum atomic E-state index is 14.1. The molecule has 0 saturated carbocycles. The molecule has 43 heavy (non-hydrogen) atoms. The summed E-state index contributed by atoms with van der Waals surface area (Å²) in [6.07, 6.45) is -5.98. The number of carbonyl (C=O) groups excluding carboxylic acids is 2. The summed E-state index contributed by atoms with van der Waals surface area (Å²) in [6, 6.07) is 7.84. The van der Waals surface area contributed by atoms with Crippen LogP contribution in [0.4, 0.5) is 24.7 Å². The van der Waals surface area contributed by atoms with Gasteiger partial charge >= 0.3 is 17.8 Å². The van der Waals surface area contributed by atoms with E-state index in [0.717, 1.165) is 4.57 Å². The molecule has 3 aliphatic rings. The van der Waals surface area contributed by atoms with Crippen molar-refractivity contribution in [1.82, 2.24) is 29.5 Å². The van der Waals surface area contributed by atoms with Crippen molar-refractivity contribution in [1.29, 1.82) is 0 Å². The summed E-state index contributed by atoms with van der Waals surface area (Å²) in [5.74, 6) is -3.06. The number of hydroxylamine groups is 1. The van der Waals surface area contributed by atoms with Crippen LogP contribution in [0.25, 0.3) is 0 Å². The lowest BCUT2D eigenvalue weighted by Gasteiger charge is -2.39. The van der Waals surface area contributed by atoms with E-state index < -0.39 is 42.0 Å². The minimum Gasteiger partial charge on any atom is -0.424 e. The Morgan fingerprint density at radius 3 is 2.56 bits per heavy atom. The number of fused-ring (bicyclic) bond motifs is 2. The molecule has 14 nitrogen and oxygen atoms in total. The fourth-order valence-electron chi connectivity index (χ4n) is 6.02. The van der Waals surface area contributed by atoms with Crippen LogP contribution in [0.5, 0.6) is 0 Å². The highest BCUT2D eigenvalue weighted by molar-refractivity contribution is 5.95. The Labute approximate surface area is 241 Å². The first kappa shape index (κ1) is 28.6. The van der Waals surface area contributed by atoms with E-state index in [9.17, 15) is 32.3 Å². The second-order valence-corrected chi connectivity index (χ2v) is 10.6. The van der Waals surface area contributed by atoms with Gasteiger partial charge in [0.15, 0.2) is 23.6 Å². The van der Waals surface area contributed by atoms with Crippen molar-refractivity contribution >= 4 is 23.3 Å². The second-order valence-electron chi connectivity index (χ2n) is 10.6. The molecule has 2 saturated heterocycles. The molecule has 3 aliphatic heterocycles. The molecule has 17 heteroatoms. The molecule has 3 unspecified atom stereocenters. The Kier molecular flexibility index (Phi) is 7.08. The number of ketones is 1. The van der Waals surface area contributed by atoms with Crippen LogP contribution in [0, 0.1) is 12.8 Å². The highest BCUT2D eigenvalue weighted by Crippen LogP contribution is 2.42. The van der Waals surface area contributed by atoms with Crippen LogP contribution < -0.4 is 26.5 Å². The molecule has 3 aromatic rings. The molecule has 0 bridgehead atoms. The van der Waals surface area contributed by atoms with Crippen LogP contribution in [-0.4, -0.2) is 74.1 Å². The second kappa shape index (κ2) is 10.6. The van der Waals surface area contributed by atoms with Crippen LogP contribution in [0.15, 0.2) is 44.3 Å². The summed E-state index contributed by atoms with van der Waals surface area (Å²) in [5, 5.41) is 11.7. The van der Waals surface area contributed by atoms with E-state index in [1.807, 2.05) is 4.90 Å². The zero-order chi connectivity index (χ0) is 30.6. The lowest BCUT2D eigenvalue weighted by Crippen LogP contribution is -2.59. The highest BCUT2D eigenvalue weighted by Gasteiger charge is 2.54. The van der Waals surface area contributed by atoms with Gasteiger partial charge in [0.05, 0.1) is 13.1 Å². The summed E-state index contributed by atoms with van der Waals surface area (Å²) < 4.78 is 47.7. The van der Waals surface area contributed by atoms with Crippen molar-refractivity contribution in [2.75, 3.05) is 29.6 Å². The average molecular weight is 605 g/mol. The van der Waals surface area contributed by atoms with E-state index in [0.29, 0.717) is 35.7 Å². The number of hydrogen-bond acceptors (Lipinski definition) is 12. The SMILES string of the molecule is Cc1nnc(CN2c3c(n(C)c(=O)n(CC(=O)c4ccccc4)c3=O)N(OC(=O)C(F)(F)F)C2N2CCC3CNCC32)o1. The van der Waals surface area contributed by atoms with Crippen LogP contribution >= 0.6 is 0 Å². The largest absolute Gasteiger partial charge is 0.493 e. The number of carbonyl (C=O) groups is 2. The monoisotopic (exact) mass is 604 g/mol. The summed E-state index contributed by atoms with van der Waals surface area (Å²) in [4.78, 5) is 61.1. The molecule has 0 aliphatic carbocycles. The van der Waals surface area contributed by atoms with E-state index in [2.05, 4.69) is 15.5 Å². The van der Waals surface area contributed by atoms with Gasteiger partial charge in [0.2, 0.25) is 11.8 Å². The van der Waals surface area contributed by atoms with Crippen molar-refractivity contribution in [3.05, 3.63) is 68.5 Å². The molecule has 1 N–H and O–H groups in total. The number of alkyl halides is 3. The molecule has 0 radical (unpaired) electrons. The van der Waals surface area contributed by atoms with Gasteiger partial charge < -0.3 is 19.5 Å². The first-order valence-corrected chi connectivity index (χ1v) is 13.5. The molecular weight excluding hydrogens is 577 g/mol. The molecule has 2 fully saturated rings. The van der Waals surface area contributed by atoms with E-state index in [1.165, 1.54) is 24.1 Å². The number of Topliss-reactive ketones (excluding diaryl/α,β-unsaturated/α-hetero) is 1. The molecule has 2 aromatic heterocycles.